The molecule has 114 valence electrons. The smallest absolute Gasteiger partial charge is 0.300 e. The van der Waals surface area contributed by atoms with Gasteiger partial charge in [0, 0.05) is 9.13 Å². The minimum atomic E-state index is -4.46. The predicted octanol–water partition coefficient (Wildman–Crippen LogP) is 3.65. The summed E-state index contributed by atoms with van der Waals surface area (Å²) in [6.07, 6.45) is -2.77. The van der Waals surface area contributed by atoms with Crippen LogP contribution in [0.1, 0.15) is 11.1 Å². The lowest BCUT2D eigenvalue weighted by atomic mass is 10.1. The van der Waals surface area contributed by atoms with Gasteiger partial charge >= 0.3 is 6.18 Å². The molecule has 0 bridgehead atoms. The summed E-state index contributed by atoms with van der Waals surface area (Å²) in [6.45, 7) is 0. The van der Waals surface area contributed by atoms with Crippen molar-refractivity contribution in [3.05, 3.63) is 43.2 Å². The number of nitrogens with one attached hydrogen (secondary N) is 1. The number of nitriles is 1. The van der Waals surface area contributed by atoms with Crippen molar-refractivity contribution in [3.63, 3.8) is 0 Å². The summed E-state index contributed by atoms with van der Waals surface area (Å²) in [5, 5.41) is 9.36. The lowest BCUT2D eigenvalue weighted by molar-refractivity contribution is -0.138. The third kappa shape index (κ3) is 3.27. The first-order valence-corrected chi connectivity index (χ1v) is 8.03. The molecule has 0 aliphatic rings. The van der Waals surface area contributed by atoms with Gasteiger partial charge in [-0.05, 0) is 41.0 Å². The van der Waals surface area contributed by atoms with Crippen LogP contribution in [0, 0.1) is 14.9 Å². The Morgan fingerprint density at radius 2 is 2.09 bits per heavy atom. The number of aromatic amines is 1. The maximum Gasteiger partial charge on any atom is 0.417 e. The highest BCUT2D eigenvalue weighted by Gasteiger charge is 2.33. The fourth-order valence-electron chi connectivity index (χ4n) is 1.75. The molecule has 4 nitrogen and oxygen atoms in total. The van der Waals surface area contributed by atoms with E-state index in [0.29, 0.717) is 0 Å². The second kappa shape index (κ2) is 6.29. The second-order valence-electron chi connectivity index (χ2n) is 4.10. The highest BCUT2D eigenvalue weighted by Crippen LogP contribution is 2.35. The maximum absolute atomic E-state index is 12.8. The number of nitrogens with zero attached hydrogens (tertiary/aromatic N) is 2. The first-order valence-electron chi connectivity index (χ1n) is 5.73. The second-order valence-corrected chi connectivity index (χ2v) is 6.06. The number of hydrogen-bond acceptors (Lipinski definition) is 4. The topological polar surface area (TPSA) is 69.5 Å². The third-order valence-corrected chi connectivity index (χ3v) is 4.22. The van der Waals surface area contributed by atoms with Gasteiger partial charge in [0.15, 0.2) is 5.16 Å². The van der Waals surface area contributed by atoms with E-state index in [1.165, 1.54) is 12.1 Å². The zero-order valence-electron chi connectivity index (χ0n) is 11.0. The van der Waals surface area contributed by atoms with Gasteiger partial charge in [-0.2, -0.15) is 18.4 Å². The van der Waals surface area contributed by atoms with Gasteiger partial charge in [0.1, 0.15) is 11.6 Å². The van der Waals surface area contributed by atoms with Crippen LogP contribution in [0.4, 0.5) is 13.2 Å². The van der Waals surface area contributed by atoms with E-state index in [0.717, 1.165) is 17.8 Å². The van der Waals surface area contributed by atoms with Gasteiger partial charge in [0.05, 0.1) is 11.3 Å². The number of H-pyrrole nitrogens is 1. The van der Waals surface area contributed by atoms with Crippen LogP contribution >= 0.6 is 34.4 Å². The van der Waals surface area contributed by atoms with Gasteiger partial charge in [-0.15, -0.1) is 0 Å². The first-order chi connectivity index (χ1) is 10.3. The number of halogens is 4. The van der Waals surface area contributed by atoms with Gasteiger partial charge in [0.2, 0.25) is 0 Å². The highest BCUT2D eigenvalue weighted by atomic mass is 127. The van der Waals surface area contributed by atoms with Crippen molar-refractivity contribution < 1.29 is 13.2 Å². The van der Waals surface area contributed by atoms with Crippen molar-refractivity contribution in [1.82, 2.24) is 9.97 Å². The Kier molecular flexibility index (Phi) is 4.81. The quantitative estimate of drug-likeness (QED) is 0.443. The molecular weight excluding hydrogens is 430 g/mol. The maximum atomic E-state index is 12.8. The largest absolute Gasteiger partial charge is 0.417 e. The standard InChI is InChI=1S/C13H7F3IN3OS/c1-22-12-19-10(7(5-18)11(21)20-12)6-2-3-8(9(17)4-6)13(14,15)16/h2-4H,1H3,(H,19,20,21). The molecular formula is C13H7F3IN3OS. The van der Waals surface area contributed by atoms with Gasteiger partial charge in [-0.3, -0.25) is 4.79 Å². The summed E-state index contributed by atoms with van der Waals surface area (Å²) >= 11 is 2.73. The van der Waals surface area contributed by atoms with Crippen LogP contribution in [0.5, 0.6) is 0 Å². The molecule has 22 heavy (non-hydrogen) atoms. The Bertz CT molecular complexity index is 827. The molecule has 0 amide bonds. The predicted molar refractivity (Wildman–Crippen MR) is 84.5 cm³/mol. The van der Waals surface area contributed by atoms with Crippen LogP contribution in [-0.4, -0.2) is 16.2 Å². The highest BCUT2D eigenvalue weighted by molar-refractivity contribution is 14.1. The molecule has 1 heterocycles. The molecule has 0 radical (unpaired) electrons. The van der Waals surface area contributed by atoms with Gasteiger partial charge in [-0.25, -0.2) is 4.98 Å². The van der Waals surface area contributed by atoms with E-state index in [1.54, 1.807) is 34.9 Å². The summed E-state index contributed by atoms with van der Waals surface area (Å²) in [6, 6.07) is 5.12. The Morgan fingerprint density at radius 3 is 2.59 bits per heavy atom. The van der Waals surface area contributed by atoms with Crippen molar-refractivity contribution in [1.29, 1.82) is 5.26 Å². The van der Waals surface area contributed by atoms with E-state index >= 15 is 0 Å². The molecule has 0 unspecified atom stereocenters. The average Bonchev–Trinajstić information content (AvgIpc) is 2.44. The number of hydrogen-bond donors (Lipinski definition) is 1. The number of rotatable bonds is 2. The number of benzene rings is 1. The fraction of sp³-hybridized carbons (Fsp3) is 0.154. The molecule has 1 aromatic carbocycles. The van der Waals surface area contributed by atoms with E-state index in [-0.39, 0.29) is 25.5 Å². The van der Waals surface area contributed by atoms with E-state index in [1.807, 2.05) is 0 Å². The molecule has 0 fully saturated rings. The Balaban J connectivity index is 2.68. The molecule has 1 aromatic heterocycles. The molecule has 1 N–H and O–H groups in total. The van der Waals surface area contributed by atoms with Crippen molar-refractivity contribution >= 4 is 34.4 Å². The molecule has 0 spiro atoms. The lowest BCUT2D eigenvalue weighted by Crippen LogP contribution is -2.15. The Morgan fingerprint density at radius 1 is 1.41 bits per heavy atom. The first kappa shape index (κ1) is 16.8. The van der Waals surface area contributed by atoms with Crippen LogP contribution in [0.15, 0.2) is 28.2 Å². The van der Waals surface area contributed by atoms with Gasteiger partial charge < -0.3 is 4.98 Å². The molecule has 2 rings (SSSR count). The van der Waals surface area contributed by atoms with Crippen LogP contribution < -0.4 is 5.56 Å². The van der Waals surface area contributed by atoms with E-state index < -0.39 is 17.3 Å². The van der Waals surface area contributed by atoms with Crippen molar-refractivity contribution in [2.45, 2.75) is 11.3 Å². The monoisotopic (exact) mass is 437 g/mol. The van der Waals surface area contributed by atoms with Crippen LogP contribution in [0.3, 0.4) is 0 Å². The summed E-state index contributed by atoms with van der Waals surface area (Å²) in [5.74, 6) is 0. The van der Waals surface area contributed by atoms with Crippen molar-refractivity contribution in [2.24, 2.45) is 0 Å². The average molecular weight is 437 g/mol. The lowest BCUT2D eigenvalue weighted by Gasteiger charge is -2.11. The minimum Gasteiger partial charge on any atom is -0.300 e. The number of alkyl halides is 3. The summed E-state index contributed by atoms with van der Waals surface area (Å²) < 4.78 is 38.3. The van der Waals surface area contributed by atoms with E-state index in [2.05, 4.69) is 9.97 Å². The van der Waals surface area contributed by atoms with Gasteiger partial charge in [-0.1, -0.05) is 17.8 Å². The Labute approximate surface area is 140 Å². The minimum absolute atomic E-state index is 0.0285. The van der Waals surface area contributed by atoms with E-state index in [9.17, 15) is 18.0 Å². The van der Waals surface area contributed by atoms with Crippen LogP contribution in [0.25, 0.3) is 11.3 Å². The summed E-state index contributed by atoms with van der Waals surface area (Å²) in [5.41, 5.74) is -1.26. The Hall–Kier alpha value is -1.54. The number of thioether (sulfide) groups is 1. The molecule has 0 saturated heterocycles. The summed E-state index contributed by atoms with van der Waals surface area (Å²) in [4.78, 5) is 18.4. The molecule has 9 heteroatoms. The molecule has 2 aromatic rings. The van der Waals surface area contributed by atoms with Crippen molar-refractivity contribution in [3.8, 4) is 17.3 Å². The number of aromatic nitrogens is 2. The molecule has 0 saturated carbocycles. The molecule has 0 aliphatic heterocycles. The van der Waals surface area contributed by atoms with E-state index in [4.69, 9.17) is 5.26 Å². The zero-order chi connectivity index (χ0) is 16.5. The normalized spacial score (nSPS) is 11.3. The zero-order valence-corrected chi connectivity index (χ0v) is 13.9. The molecule has 0 aliphatic carbocycles. The SMILES string of the molecule is CSc1nc(-c2ccc(C(F)(F)F)c(I)c2)c(C#N)c(=O)[nH]1. The molecule has 0 atom stereocenters. The van der Waals surface area contributed by atoms with Crippen LogP contribution in [-0.2, 0) is 6.18 Å². The fourth-order valence-corrected chi connectivity index (χ4v) is 2.95. The van der Waals surface area contributed by atoms with Crippen molar-refractivity contribution in [2.75, 3.05) is 6.26 Å². The third-order valence-electron chi connectivity index (χ3n) is 2.75. The summed E-state index contributed by atoms with van der Waals surface area (Å²) in [7, 11) is 0. The van der Waals surface area contributed by atoms with Crippen LogP contribution in [0.2, 0.25) is 0 Å². The van der Waals surface area contributed by atoms with Gasteiger partial charge in [0.25, 0.3) is 5.56 Å².